The first-order valence-corrected chi connectivity index (χ1v) is 10.7. The van der Waals surface area contributed by atoms with E-state index < -0.39 is 15.8 Å². The molecule has 0 saturated carbocycles. The number of nitrogens with one attached hydrogen (secondary N) is 1. The molecule has 4 rings (SSSR count). The lowest BCUT2D eigenvalue weighted by atomic mass is 9.97. The lowest BCUT2D eigenvalue weighted by Gasteiger charge is -2.30. The minimum atomic E-state index is -3.80. The number of hydrogen-bond acceptors (Lipinski definition) is 6. The molecule has 1 N–H and O–H groups in total. The number of piperidine rings is 1. The van der Waals surface area contributed by atoms with Gasteiger partial charge in [-0.2, -0.15) is 4.31 Å². The van der Waals surface area contributed by atoms with Gasteiger partial charge < -0.3 is 5.32 Å². The molecule has 0 unspecified atom stereocenters. The Labute approximate surface area is 170 Å². The Balaban J connectivity index is 1.44. The largest absolute Gasteiger partial charge is 0.326 e. The number of carbonyl (C=O) groups is 1. The van der Waals surface area contributed by atoms with Gasteiger partial charge in [-0.05, 0) is 53.5 Å². The minimum absolute atomic E-state index is 0.0279. The molecule has 1 saturated heterocycles. The van der Waals surface area contributed by atoms with E-state index in [-0.39, 0.29) is 40.3 Å². The summed E-state index contributed by atoms with van der Waals surface area (Å²) in [5, 5.41) is 9.97. The Bertz CT molecular complexity index is 1180. The maximum atomic E-state index is 13.2. The van der Waals surface area contributed by atoms with E-state index in [1.54, 1.807) is 12.1 Å². The van der Waals surface area contributed by atoms with Crippen LogP contribution < -0.4 is 5.32 Å². The third-order valence-electron chi connectivity index (χ3n) is 4.88. The number of rotatable bonds is 4. The predicted octanol–water partition coefficient (Wildman–Crippen LogP) is 3.05. The van der Waals surface area contributed by atoms with Crippen molar-refractivity contribution in [1.29, 1.82) is 0 Å². The first-order chi connectivity index (χ1) is 13.9. The number of benzene rings is 2. The van der Waals surface area contributed by atoms with Gasteiger partial charge >= 0.3 is 0 Å². The van der Waals surface area contributed by atoms with Crippen LogP contribution in [0.15, 0.2) is 45.9 Å². The number of carbonyl (C=O) groups excluding carboxylic acids is 1. The predicted molar refractivity (Wildman–Crippen MR) is 103 cm³/mol. The molecular formula is C18H16ClFN4O4S. The summed E-state index contributed by atoms with van der Waals surface area (Å²) >= 11 is 5.73. The van der Waals surface area contributed by atoms with Crippen LogP contribution in [0.4, 0.5) is 10.1 Å². The van der Waals surface area contributed by atoms with Crippen LogP contribution in [-0.2, 0) is 14.8 Å². The number of amides is 1. The maximum Gasteiger partial charge on any atom is 0.245 e. The van der Waals surface area contributed by atoms with Crippen molar-refractivity contribution in [2.75, 3.05) is 18.4 Å². The van der Waals surface area contributed by atoms with Crippen LogP contribution in [-0.4, -0.2) is 42.0 Å². The minimum Gasteiger partial charge on any atom is -0.326 e. The summed E-state index contributed by atoms with van der Waals surface area (Å²) in [4.78, 5) is 12.5. The molecular weight excluding hydrogens is 423 g/mol. The summed E-state index contributed by atoms with van der Waals surface area (Å²) in [5.74, 6) is -1.19. The van der Waals surface area contributed by atoms with E-state index in [0.29, 0.717) is 24.0 Å². The zero-order valence-electron chi connectivity index (χ0n) is 15.0. The van der Waals surface area contributed by atoms with Gasteiger partial charge in [-0.15, -0.1) is 0 Å². The highest BCUT2D eigenvalue weighted by molar-refractivity contribution is 7.89. The number of aromatic nitrogens is 2. The summed E-state index contributed by atoms with van der Waals surface area (Å²) in [7, 11) is -3.80. The van der Waals surface area contributed by atoms with Crippen molar-refractivity contribution in [3.05, 3.63) is 47.2 Å². The van der Waals surface area contributed by atoms with Gasteiger partial charge in [0.15, 0.2) is 5.52 Å². The molecule has 1 fully saturated rings. The molecule has 152 valence electrons. The average molecular weight is 439 g/mol. The average Bonchev–Trinajstić information content (AvgIpc) is 3.19. The van der Waals surface area contributed by atoms with Crippen LogP contribution in [0, 0.1) is 11.7 Å². The van der Waals surface area contributed by atoms with Gasteiger partial charge in [0.1, 0.15) is 16.2 Å². The standard InChI is InChI=1S/C18H16ClFN4O4S/c19-13-10-12(4-5-14(13)20)21-18(25)11-6-8-24(9-7-11)29(26,27)16-3-1-2-15-17(16)23-28-22-15/h1-5,10-11H,6-9H2,(H,21,25). The second-order valence-corrected chi connectivity index (χ2v) is 9.00. The van der Waals surface area contributed by atoms with Crippen molar-refractivity contribution < 1.29 is 22.2 Å². The Kier molecular flexibility index (Phi) is 5.24. The van der Waals surface area contributed by atoms with Gasteiger partial charge in [0.05, 0.1) is 5.02 Å². The summed E-state index contributed by atoms with van der Waals surface area (Å²) < 4.78 is 45.2. The Morgan fingerprint density at radius 2 is 1.97 bits per heavy atom. The van der Waals surface area contributed by atoms with Crippen molar-refractivity contribution in [3.8, 4) is 0 Å². The van der Waals surface area contributed by atoms with Gasteiger partial charge in [0, 0.05) is 24.7 Å². The Hall–Kier alpha value is -2.56. The van der Waals surface area contributed by atoms with Crippen LogP contribution in [0.5, 0.6) is 0 Å². The topological polar surface area (TPSA) is 105 Å². The smallest absolute Gasteiger partial charge is 0.245 e. The lowest BCUT2D eigenvalue weighted by molar-refractivity contribution is -0.120. The SMILES string of the molecule is O=C(Nc1ccc(F)c(Cl)c1)C1CCN(S(=O)(=O)c2cccc3nonc23)CC1. The highest BCUT2D eigenvalue weighted by Gasteiger charge is 2.33. The Morgan fingerprint density at radius 1 is 1.21 bits per heavy atom. The fourth-order valence-electron chi connectivity index (χ4n) is 3.31. The lowest BCUT2D eigenvalue weighted by Crippen LogP contribution is -2.41. The van der Waals surface area contributed by atoms with Crippen molar-refractivity contribution >= 4 is 44.3 Å². The third kappa shape index (κ3) is 3.83. The number of anilines is 1. The van der Waals surface area contributed by atoms with Crippen molar-refractivity contribution in [2.45, 2.75) is 17.7 Å². The quantitative estimate of drug-likeness (QED) is 0.671. The van der Waals surface area contributed by atoms with Crippen molar-refractivity contribution in [2.24, 2.45) is 5.92 Å². The fraction of sp³-hybridized carbons (Fsp3) is 0.278. The van der Waals surface area contributed by atoms with Gasteiger partial charge in [-0.3, -0.25) is 4.79 Å². The Morgan fingerprint density at radius 3 is 2.69 bits per heavy atom. The van der Waals surface area contributed by atoms with E-state index in [1.165, 1.54) is 28.6 Å². The second kappa shape index (κ2) is 7.69. The third-order valence-corrected chi connectivity index (χ3v) is 7.10. The van der Waals surface area contributed by atoms with Gasteiger partial charge in [-0.1, -0.05) is 17.7 Å². The monoisotopic (exact) mass is 438 g/mol. The van der Waals surface area contributed by atoms with Crippen molar-refractivity contribution in [1.82, 2.24) is 14.6 Å². The first kappa shape index (κ1) is 19.7. The van der Waals surface area contributed by atoms with E-state index in [2.05, 4.69) is 20.3 Å². The van der Waals surface area contributed by atoms with Gasteiger partial charge in [-0.25, -0.2) is 17.4 Å². The van der Waals surface area contributed by atoms with Crippen LogP contribution in [0.3, 0.4) is 0 Å². The van der Waals surface area contributed by atoms with E-state index >= 15 is 0 Å². The zero-order valence-corrected chi connectivity index (χ0v) is 16.6. The van der Waals surface area contributed by atoms with Gasteiger partial charge in [0.2, 0.25) is 15.9 Å². The molecule has 2 heterocycles. The normalized spacial score (nSPS) is 16.2. The number of hydrogen-bond donors (Lipinski definition) is 1. The van der Waals surface area contributed by atoms with E-state index in [4.69, 9.17) is 11.6 Å². The molecule has 3 aromatic rings. The highest BCUT2D eigenvalue weighted by atomic mass is 35.5. The molecule has 1 aliphatic heterocycles. The summed E-state index contributed by atoms with van der Waals surface area (Å²) in [6, 6.07) is 8.58. The zero-order chi connectivity index (χ0) is 20.6. The van der Waals surface area contributed by atoms with Crippen LogP contribution >= 0.6 is 11.6 Å². The van der Waals surface area contributed by atoms with Crippen molar-refractivity contribution in [3.63, 3.8) is 0 Å². The van der Waals surface area contributed by atoms with Crippen LogP contribution in [0.25, 0.3) is 11.0 Å². The summed E-state index contributed by atoms with van der Waals surface area (Å²) in [6.07, 6.45) is 0.708. The molecule has 1 aromatic heterocycles. The van der Waals surface area contributed by atoms with E-state index in [9.17, 15) is 17.6 Å². The molecule has 29 heavy (non-hydrogen) atoms. The fourth-order valence-corrected chi connectivity index (χ4v) is 5.09. The van der Waals surface area contributed by atoms with Gasteiger partial charge in [0.25, 0.3) is 0 Å². The van der Waals surface area contributed by atoms with E-state index in [1.807, 2.05) is 0 Å². The molecule has 8 nitrogen and oxygen atoms in total. The molecule has 2 aromatic carbocycles. The highest BCUT2D eigenvalue weighted by Crippen LogP contribution is 2.28. The molecule has 11 heteroatoms. The molecule has 0 aliphatic carbocycles. The molecule has 1 aliphatic rings. The molecule has 0 atom stereocenters. The molecule has 0 spiro atoms. The number of halogens is 2. The number of nitrogens with zero attached hydrogens (tertiary/aromatic N) is 3. The number of sulfonamides is 1. The first-order valence-electron chi connectivity index (χ1n) is 8.83. The molecule has 0 radical (unpaired) electrons. The maximum absolute atomic E-state index is 13.2. The van der Waals surface area contributed by atoms with E-state index in [0.717, 1.165) is 0 Å². The molecule has 1 amide bonds. The summed E-state index contributed by atoms with van der Waals surface area (Å²) in [5.41, 5.74) is 0.931. The van der Waals surface area contributed by atoms with Crippen LogP contribution in [0.1, 0.15) is 12.8 Å². The van der Waals surface area contributed by atoms with Crippen LogP contribution in [0.2, 0.25) is 5.02 Å². The second-order valence-electron chi connectivity index (χ2n) is 6.68. The molecule has 0 bridgehead atoms. The summed E-state index contributed by atoms with van der Waals surface area (Å²) in [6.45, 7) is 0.374. The number of fused-ring (bicyclic) bond motifs is 1.